The molecule has 0 saturated heterocycles. The first-order valence-electron chi connectivity index (χ1n) is 6.31. The van der Waals surface area contributed by atoms with Crippen LogP contribution in [0.5, 0.6) is 5.75 Å². The van der Waals surface area contributed by atoms with Crippen LogP contribution in [-0.2, 0) is 0 Å². The number of hydrogen-bond acceptors (Lipinski definition) is 4. The molecule has 1 atom stereocenters. The van der Waals surface area contributed by atoms with Crippen molar-refractivity contribution in [3.63, 3.8) is 0 Å². The molecule has 0 aromatic heterocycles. The molecule has 0 heterocycles. The predicted molar refractivity (Wildman–Crippen MR) is 71.6 cm³/mol. The molecule has 1 rings (SSSR count). The van der Waals surface area contributed by atoms with Crippen LogP contribution in [-0.4, -0.2) is 42.6 Å². The Morgan fingerprint density at radius 2 is 1.95 bits per heavy atom. The summed E-state index contributed by atoms with van der Waals surface area (Å²) >= 11 is 0. The fraction of sp³-hybridized carbons (Fsp3) is 0.571. The SMILES string of the molecule is CC(C)(CO)CNCC(O)COc1ccc(F)cc1. The Bertz CT molecular complexity index is 367. The molecule has 0 amide bonds. The molecule has 4 nitrogen and oxygen atoms in total. The predicted octanol–water partition coefficient (Wildman–Crippen LogP) is 1.17. The lowest BCUT2D eigenvalue weighted by atomic mass is 9.95. The van der Waals surface area contributed by atoms with Crippen LogP contribution in [0.3, 0.4) is 0 Å². The van der Waals surface area contributed by atoms with E-state index >= 15 is 0 Å². The van der Waals surface area contributed by atoms with Crippen molar-refractivity contribution in [2.75, 3.05) is 26.3 Å². The molecule has 1 aromatic rings. The lowest BCUT2D eigenvalue weighted by Gasteiger charge is -2.23. The van der Waals surface area contributed by atoms with Crippen LogP contribution >= 0.6 is 0 Å². The Balaban J connectivity index is 2.21. The van der Waals surface area contributed by atoms with Crippen LogP contribution in [0, 0.1) is 11.2 Å². The third-order valence-corrected chi connectivity index (χ3v) is 2.67. The van der Waals surface area contributed by atoms with E-state index < -0.39 is 6.10 Å². The summed E-state index contributed by atoms with van der Waals surface area (Å²) in [5.41, 5.74) is -0.211. The van der Waals surface area contributed by atoms with E-state index in [1.807, 2.05) is 13.8 Å². The first kappa shape index (κ1) is 15.9. The maximum Gasteiger partial charge on any atom is 0.123 e. The van der Waals surface area contributed by atoms with Crippen molar-refractivity contribution < 1.29 is 19.3 Å². The number of aliphatic hydroxyl groups excluding tert-OH is 2. The molecule has 108 valence electrons. The number of aliphatic hydroxyl groups is 2. The number of benzene rings is 1. The molecule has 0 aliphatic carbocycles. The van der Waals surface area contributed by atoms with Gasteiger partial charge in [0, 0.05) is 25.1 Å². The summed E-state index contributed by atoms with van der Waals surface area (Å²) in [7, 11) is 0. The highest BCUT2D eigenvalue weighted by molar-refractivity contribution is 5.22. The smallest absolute Gasteiger partial charge is 0.123 e. The molecular formula is C14H22FNO3. The summed E-state index contributed by atoms with van der Waals surface area (Å²) in [5, 5.41) is 21.9. The third-order valence-electron chi connectivity index (χ3n) is 2.67. The minimum atomic E-state index is -0.653. The highest BCUT2D eigenvalue weighted by atomic mass is 19.1. The first-order chi connectivity index (χ1) is 8.93. The van der Waals surface area contributed by atoms with Crippen LogP contribution in [0.4, 0.5) is 4.39 Å². The normalized spacial score (nSPS) is 13.3. The molecule has 0 aliphatic heterocycles. The topological polar surface area (TPSA) is 61.7 Å². The number of nitrogens with one attached hydrogen (secondary N) is 1. The molecule has 1 unspecified atom stereocenters. The average Bonchev–Trinajstić information content (AvgIpc) is 2.38. The van der Waals surface area contributed by atoms with Crippen molar-refractivity contribution in [2.24, 2.45) is 5.41 Å². The summed E-state index contributed by atoms with van der Waals surface area (Å²) in [4.78, 5) is 0. The fourth-order valence-electron chi connectivity index (χ4n) is 1.42. The number of ether oxygens (including phenoxy) is 1. The summed E-state index contributed by atoms with van der Waals surface area (Å²) in [6, 6.07) is 5.65. The molecule has 0 bridgehead atoms. The Hall–Kier alpha value is -1.17. The standard InChI is InChI=1S/C14H22FNO3/c1-14(2,10-17)9-16-7-12(18)8-19-13-5-3-11(15)4-6-13/h3-6,12,16-18H,7-10H2,1-2H3. The van der Waals surface area contributed by atoms with Gasteiger partial charge in [0.25, 0.3) is 0 Å². The van der Waals surface area contributed by atoms with Gasteiger partial charge >= 0.3 is 0 Å². The van der Waals surface area contributed by atoms with Gasteiger partial charge < -0.3 is 20.3 Å². The van der Waals surface area contributed by atoms with E-state index in [0.29, 0.717) is 18.8 Å². The molecule has 0 saturated carbocycles. The van der Waals surface area contributed by atoms with E-state index in [-0.39, 0.29) is 24.4 Å². The Kier molecular flexibility index (Phi) is 6.21. The van der Waals surface area contributed by atoms with Crippen LogP contribution in [0.15, 0.2) is 24.3 Å². The third kappa shape index (κ3) is 6.52. The molecule has 0 aliphatic rings. The zero-order valence-corrected chi connectivity index (χ0v) is 11.4. The zero-order valence-electron chi connectivity index (χ0n) is 11.4. The summed E-state index contributed by atoms with van der Waals surface area (Å²) in [6.07, 6.45) is -0.653. The van der Waals surface area contributed by atoms with Gasteiger partial charge in [0.05, 0.1) is 0 Å². The van der Waals surface area contributed by atoms with Crippen molar-refractivity contribution in [1.82, 2.24) is 5.32 Å². The second kappa shape index (κ2) is 7.43. The van der Waals surface area contributed by atoms with Gasteiger partial charge in [-0.05, 0) is 24.3 Å². The second-order valence-corrected chi connectivity index (χ2v) is 5.37. The number of halogens is 1. The van der Waals surface area contributed by atoms with E-state index in [1.165, 1.54) is 24.3 Å². The van der Waals surface area contributed by atoms with Crippen molar-refractivity contribution >= 4 is 0 Å². The molecule has 0 fully saturated rings. The van der Waals surface area contributed by atoms with Crippen LogP contribution < -0.4 is 10.1 Å². The zero-order chi connectivity index (χ0) is 14.3. The minimum absolute atomic E-state index is 0.0855. The highest BCUT2D eigenvalue weighted by Crippen LogP contribution is 2.12. The van der Waals surface area contributed by atoms with Crippen molar-refractivity contribution in [3.8, 4) is 5.75 Å². The van der Waals surface area contributed by atoms with Gasteiger partial charge in [0.15, 0.2) is 0 Å². The maximum absolute atomic E-state index is 12.7. The quantitative estimate of drug-likeness (QED) is 0.664. The average molecular weight is 271 g/mol. The van der Waals surface area contributed by atoms with E-state index in [1.54, 1.807) is 0 Å². The van der Waals surface area contributed by atoms with Gasteiger partial charge in [0.2, 0.25) is 0 Å². The molecular weight excluding hydrogens is 249 g/mol. The lowest BCUT2D eigenvalue weighted by molar-refractivity contribution is 0.0980. The monoisotopic (exact) mass is 271 g/mol. The van der Waals surface area contributed by atoms with Gasteiger partial charge in [0.1, 0.15) is 24.3 Å². The van der Waals surface area contributed by atoms with Crippen LogP contribution in [0.25, 0.3) is 0 Å². The molecule has 3 N–H and O–H groups in total. The minimum Gasteiger partial charge on any atom is -0.491 e. The highest BCUT2D eigenvalue weighted by Gasteiger charge is 2.16. The first-order valence-corrected chi connectivity index (χ1v) is 6.31. The summed E-state index contributed by atoms with van der Waals surface area (Å²) < 4.78 is 18.0. The molecule has 5 heteroatoms. The lowest BCUT2D eigenvalue weighted by Crippen LogP contribution is -2.38. The van der Waals surface area contributed by atoms with Crippen LogP contribution in [0.1, 0.15) is 13.8 Å². The van der Waals surface area contributed by atoms with Crippen LogP contribution in [0.2, 0.25) is 0 Å². The Morgan fingerprint density at radius 1 is 1.32 bits per heavy atom. The van der Waals surface area contributed by atoms with Gasteiger partial charge in [-0.15, -0.1) is 0 Å². The van der Waals surface area contributed by atoms with Crippen molar-refractivity contribution in [1.29, 1.82) is 0 Å². The van der Waals surface area contributed by atoms with Gasteiger partial charge in [-0.25, -0.2) is 4.39 Å². The molecule has 19 heavy (non-hydrogen) atoms. The molecule has 0 spiro atoms. The summed E-state index contributed by atoms with van der Waals surface area (Å²) in [5.74, 6) is 0.205. The summed E-state index contributed by atoms with van der Waals surface area (Å²) in [6.45, 7) is 5.07. The van der Waals surface area contributed by atoms with E-state index in [9.17, 15) is 9.50 Å². The Morgan fingerprint density at radius 3 is 2.53 bits per heavy atom. The second-order valence-electron chi connectivity index (χ2n) is 5.37. The van der Waals surface area contributed by atoms with Crippen molar-refractivity contribution in [2.45, 2.75) is 20.0 Å². The van der Waals surface area contributed by atoms with Gasteiger partial charge in [-0.2, -0.15) is 0 Å². The van der Waals surface area contributed by atoms with E-state index in [4.69, 9.17) is 9.84 Å². The largest absolute Gasteiger partial charge is 0.491 e. The Labute approximate surface area is 113 Å². The van der Waals surface area contributed by atoms with Crippen molar-refractivity contribution in [3.05, 3.63) is 30.1 Å². The maximum atomic E-state index is 12.7. The number of hydrogen-bond donors (Lipinski definition) is 3. The molecule has 0 radical (unpaired) electrons. The van der Waals surface area contributed by atoms with E-state index in [2.05, 4.69) is 5.32 Å². The van der Waals surface area contributed by atoms with E-state index in [0.717, 1.165) is 0 Å². The van der Waals surface area contributed by atoms with Gasteiger partial charge in [-0.1, -0.05) is 13.8 Å². The molecule has 1 aromatic carbocycles. The number of rotatable bonds is 8. The van der Waals surface area contributed by atoms with Gasteiger partial charge in [-0.3, -0.25) is 0 Å². The fourth-order valence-corrected chi connectivity index (χ4v) is 1.42.